The number of rotatable bonds is 8. The van der Waals surface area contributed by atoms with Gasteiger partial charge in [0, 0.05) is 0 Å². The highest BCUT2D eigenvalue weighted by Crippen LogP contribution is 2.27. The molecule has 1 atom stereocenters. The molecule has 1 aliphatic heterocycles. The van der Waals surface area contributed by atoms with Crippen LogP contribution in [0.2, 0.25) is 5.02 Å². The first-order chi connectivity index (χ1) is 15.5. The summed E-state index contributed by atoms with van der Waals surface area (Å²) in [5.74, 6) is 0.210. The highest BCUT2D eigenvalue weighted by atomic mass is 35.5. The van der Waals surface area contributed by atoms with Crippen molar-refractivity contribution in [2.24, 2.45) is 0 Å². The van der Waals surface area contributed by atoms with E-state index in [1.165, 1.54) is 42.8 Å². The molecule has 2 heterocycles. The lowest BCUT2D eigenvalue weighted by Crippen LogP contribution is -2.24. The Labute approximate surface area is 196 Å². The Morgan fingerprint density at radius 2 is 1.91 bits per heavy atom. The number of aromatic nitrogens is 3. The summed E-state index contributed by atoms with van der Waals surface area (Å²) in [5.41, 5.74) is 1.53. The zero-order chi connectivity index (χ0) is 22.5. The van der Waals surface area contributed by atoms with Crippen LogP contribution in [0, 0.1) is 5.82 Å². The normalized spacial score (nSPS) is 15.1. The smallest absolute Gasteiger partial charge is 0.237 e. The number of nitrogens with zero attached hydrogens (tertiary/aromatic N) is 4. The summed E-state index contributed by atoms with van der Waals surface area (Å²) in [4.78, 5) is 15.1. The minimum absolute atomic E-state index is 0.163. The van der Waals surface area contributed by atoms with E-state index in [4.69, 9.17) is 11.6 Å². The van der Waals surface area contributed by atoms with E-state index in [0.29, 0.717) is 17.4 Å². The molecule has 32 heavy (non-hydrogen) atoms. The fourth-order valence-corrected chi connectivity index (χ4v) is 4.71. The number of amides is 1. The summed E-state index contributed by atoms with van der Waals surface area (Å²) >= 11 is 7.39. The van der Waals surface area contributed by atoms with Crippen molar-refractivity contribution in [3.8, 4) is 0 Å². The molecule has 1 fully saturated rings. The molecule has 9 heteroatoms. The van der Waals surface area contributed by atoms with E-state index in [1.54, 1.807) is 6.92 Å². The highest BCUT2D eigenvalue weighted by Gasteiger charge is 2.23. The Morgan fingerprint density at radius 1 is 1.16 bits per heavy atom. The maximum atomic E-state index is 13.3. The van der Waals surface area contributed by atoms with Crippen LogP contribution < -0.4 is 5.32 Å². The third-order valence-corrected chi connectivity index (χ3v) is 6.77. The Bertz CT molecular complexity index is 1070. The van der Waals surface area contributed by atoms with Crippen LogP contribution in [-0.2, 0) is 17.9 Å². The van der Waals surface area contributed by atoms with E-state index in [-0.39, 0.29) is 10.9 Å². The SMILES string of the molecule is C[C@H](Sc1nnc(CN2CCCC2)n1Cc1ccccc1)C(=O)Nc1ccc(F)cc1Cl. The first-order valence-corrected chi connectivity index (χ1v) is 11.9. The van der Waals surface area contributed by atoms with Crippen molar-refractivity contribution in [3.05, 3.63) is 70.8 Å². The number of halogens is 2. The van der Waals surface area contributed by atoms with Crippen molar-refractivity contribution in [2.75, 3.05) is 18.4 Å². The number of carbonyl (C=O) groups is 1. The largest absolute Gasteiger partial charge is 0.324 e. The van der Waals surface area contributed by atoms with Gasteiger partial charge in [-0.25, -0.2) is 4.39 Å². The van der Waals surface area contributed by atoms with Gasteiger partial charge in [0.05, 0.1) is 29.0 Å². The molecule has 0 spiro atoms. The molecule has 1 amide bonds. The molecule has 0 radical (unpaired) electrons. The lowest BCUT2D eigenvalue weighted by Gasteiger charge is -2.17. The molecule has 0 saturated carbocycles. The molecular formula is C23H25ClFN5OS. The molecular weight excluding hydrogens is 449 g/mol. The zero-order valence-corrected chi connectivity index (χ0v) is 19.4. The molecule has 1 aliphatic rings. The zero-order valence-electron chi connectivity index (χ0n) is 17.8. The first kappa shape index (κ1) is 22.8. The maximum absolute atomic E-state index is 13.3. The summed E-state index contributed by atoms with van der Waals surface area (Å²) in [6.45, 7) is 5.32. The van der Waals surface area contributed by atoms with Crippen molar-refractivity contribution >= 4 is 35.0 Å². The topological polar surface area (TPSA) is 63.1 Å². The van der Waals surface area contributed by atoms with E-state index >= 15 is 0 Å². The van der Waals surface area contributed by atoms with Gasteiger partial charge in [0.15, 0.2) is 5.16 Å². The van der Waals surface area contributed by atoms with Crippen molar-refractivity contribution in [2.45, 2.75) is 43.3 Å². The van der Waals surface area contributed by atoms with Crippen LogP contribution in [0.3, 0.4) is 0 Å². The maximum Gasteiger partial charge on any atom is 0.237 e. The molecule has 1 saturated heterocycles. The van der Waals surface area contributed by atoms with Crippen LogP contribution in [0.1, 0.15) is 31.2 Å². The fourth-order valence-electron chi connectivity index (χ4n) is 3.63. The number of benzene rings is 2. The van der Waals surface area contributed by atoms with Gasteiger partial charge in [-0.15, -0.1) is 10.2 Å². The molecule has 1 aromatic heterocycles. The van der Waals surface area contributed by atoms with Crippen molar-refractivity contribution in [1.82, 2.24) is 19.7 Å². The van der Waals surface area contributed by atoms with Gasteiger partial charge in [0.2, 0.25) is 5.91 Å². The summed E-state index contributed by atoms with van der Waals surface area (Å²) in [7, 11) is 0. The number of hydrogen-bond donors (Lipinski definition) is 1. The summed E-state index contributed by atoms with van der Waals surface area (Å²) < 4.78 is 15.4. The van der Waals surface area contributed by atoms with Crippen molar-refractivity contribution in [1.29, 1.82) is 0 Å². The van der Waals surface area contributed by atoms with E-state index in [2.05, 4.69) is 37.1 Å². The summed E-state index contributed by atoms with van der Waals surface area (Å²) in [6.07, 6.45) is 2.41. The van der Waals surface area contributed by atoms with Gasteiger partial charge in [0.1, 0.15) is 11.6 Å². The van der Waals surface area contributed by atoms with Gasteiger partial charge in [-0.05, 0) is 56.6 Å². The number of likely N-dealkylation sites (tertiary alicyclic amines) is 1. The molecule has 1 N–H and O–H groups in total. The second kappa shape index (κ2) is 10.5. The monoisotopic (exact) mass is 473 g/mol. The van der Waals surface area contributed by atoms with E-state index in [9.17, 15) is 9.18 Å². The Kier molecular flexibility index (Phi) is 7.44. The lowest BCUT2D eigenvalue weighted by molar-refractivity contribution is -0.115. The summed E-state index contributed by atoms with van der Waals surface area (Å²) in [6, 6.07) is 14.0. The highest BCUT2D eigenvalue weighted by molar-refractivity contribution is 8.00. The number of carbonyl (C=O) groups excluding carboxylic acids is 1. The lowest BCUT2D eigenvalue weighted by atomic mass is 10.2. The fraction of sp³-hybridized carbons (Fsp3) is 0.348. The predicted octanol–water partition coefficient (Wildman–Crippen LogP) is 4.83. The molecule has 6 nitrogen and oxygen atoms in total. The average molecular weight is 474 g/mol. The van der Waals surface area contributed by atoms with Crippen LogP contribution in [0.5, 0.6) is 0 Å². The van der Waals surface area contributed by atoms with Crippen LogP contribution in [0.4, 0.5) is 10.1 Å². The Hall–Kier alpha value is -2.42. The van der Waals surface area contributed by atoms with Gasteiger partial charge >= 0.3 is 0 Å². The van der Waals surface area contributed by atoms with Gasteiger partial charge in [0.25, 0.3) is 0 Å². The molecule has 3 aromatic rings. The van der Waals surface area contributed by atoms with E-state index in [0.717, 1.165) is 31.0 Å². The van der Waals surface area contributed by atoms with Crippen LogP contribution in [0.15, 0.2) is 53.7 Å². The van der Waals surface area contributed by atoms with Crippen LogP contribution >= 0.6 is 23.4 Å². The number of nitrogens with one attached hydrogen (secondary N) is 1. The molecule has 168 valence electrons. The molecule has 4 rings (SSSR count). The number of anilines is 1. The minimum atomic E-state index is -0.450. The number of hydrogen-bond acceptors (Lipinski definition) is 5. The first-order valence-electron chi connectivity index (χ1n) is 10.6. The number of thioether (sulfide) groups is 1. The van der Waals surface area contributed by atoms with Gasteiger partial charge in [-0.2, -0.15) is 0 Å². The second-order valence-electron chi connectivity index (χ2n) is 7.83. The molecule has 0 unspecified atom stereocenters. The van der Waals surface area contributed by atoms with Crippen molar-refractivity contribution < 1.29 is 9.18 Å². The minimum Gasteiger partial charge on any atom is -0.324 e. The predicted molar refractivity (Wildman–Crippen MR) is 125 cm³/mol. The van der Waals surface area contributed by atoms with Gasteiger partial charge < -0.3 is 9.88 Å². The van der Waals surface area contributed by atoms with E-state index < -0.39 is 11.1 Å². The third kappa shape index (κ3) is 5.68. The standard InChI is InChI=1S/C23H25ClFN5OS/c1-16(22(31)26-20-10-9-18(25)13-19(20)24)32-23-28-27-21(15-29-11-5-6-12-29)30(23)14-17-7-3-2-4-8-17/h2-4,7-10,13,16H,5-6,11-12,14-15H2,1H3,(H,26,31)/t16-/m0/s1. The Morgan fingerprint density at radius 3 is 2.62 bits per heavy atom. The molecule has 0 bridgehead atoms. The second-order valence-corrected chi connectivity index (χ2v) is 9.54. The van der Waals surface area contributed by atoms with Gasteiger partial charge in [-0.3, -0.25) is 9.69 Å². The summed E-state index contributed by atoms with van der Waals surface area (Å²) in [5, 5.41) is 12.0. The molecule has 0 aliphatic carbocycles. The van der Waals surface area contributed by atoms with Crippen molar-refractivity contribution in [3.63, 3.8) is 0 Å². The Balaban J connectivity index is 1.50. The van der Waals surface area contributed by atoms with Crippen LogP contribution in [0.25, 0.3) is 0 Å². The quantitative estimate of drug-likeness (QED) is 0.474. The third-order valence-electron chi connectivity index (χ3n) is 5.38. The van der Waals surface area contributed by atoms with E-state index in [1.807, 2.05) is 18.2 Å². The molecule has 2 aromatic carbocycles. The van der Waals surface area contributed by atoms with Gasteiger partial charge in [-0.1, -0.05) is 53.7 Å². The van der Waals surface area contributed by atoms with Crippen LogP contribution in [-0.4, -0.2) is 43.9 Å². The average Bonchev–Trinajstić information content (AvgIpc) is 3.42.